The summed E-state index contributed by atoms with van der Waals surface area (Å²) in [6, 6.07) is 0. The Morgan fingerprint density at radius 3 is 2.38 bits per heavy atom. The number of carbonyl (C=O) groups is 2. The normalized spacial score (nSPS) is 16.6. The highest BCUT2D eigenvalue weighted by atomic mass is 16.2. The van der Waals surface area contributed by atoms with Crippen LogP contribution in [0.5, 0.6) is 0 Å². The highest BCUT2D eigenvalue weighted by molar-refractivity contribution is 6.05. The van der Waals surface area contributed by atoms with Crippen molar-refractivity contribution in [2.75, 3.05) is 13.1 Å². The molecule has 1 amide bonds. The van der Waals surface area contributed by atoms with Crippen molar-refractivity contribution in [1.82, 2.24) is 4.90 Å². The first-order valence-corrected chi connectivity index (χ1v) is 6.39. The van der Waals surface area contributed by atoms with E-state index in [9.17, 15) is 9.59 Å². The van der Waals surface area contributed by atoms with Crippen LogP contribution >= 0.6 is 0 Å². The number of hydrogen-bond acceptors (Lipinski definition) is 2. The summed E-state index contributed by atoms with van der Waals surface area (Å²) in [6.07, 6.45) is 6.16. The molecule has 92 valence electrons. The molecule has 3 nitrogen and oxygen atoms in total. The van der Waals surface area contributed by atoms with Crippen molar-refractivity contribution in [3.8, 4) is 0 Å². The van der Waals surface area contributed by atoms with Crippen molar-refractivity contribution >= 4 is 11.7 Å². The average molecular weight is 225 g/mol. The Morgan fingerprint density at radius 2 is 1.81 bits per heavy atom. The third kappa shape index (κ3) is 4.77. The summed E-state index contributed by atoms with van der Waals surface area (Å²) in [5.41, 5.74) is 0. The fraction of sp³-hybridized carbons (Fsp3) is 0.846. The van der Waals surface area contributed by atoms with E-state index >= 15 is 0 Å². The fourth-order valence-corrected chi connectivity index (χ4v) is 2.05. The molecular formula is C13H23NO2. The van der Waals surface area contributed by atoms with Crippen LogP contribution in [-0.4, -0.2) is 29.7 Å². The van der Waals surface area contributed by atoms with Gasteiger partial charge in [0.05, 0.1) is 13.0 Å². The maximum absolute atomic E-state index is 11.3. The largest absolute Gasteiger partial charge is 0.335 e. The quantitative estimate of drug-likeness (QED) is 0.493. The average Bonchev–Trinajstić information content (AvgIpc) is 2.50. The summed E-state index contributed by atoms with van der Waals surface area (Å²) in [6.45, 7) is 5.61. The monoisotopic (exact) mass is 225 g/mol. The fourth-order valence-electron chi connectivity index (χ4n) is 2.05. The number of unbranched alkanes of at least 4 members (excludes halogenated alkanes) is 3. The van der Waals surface area contributed by atoms with E-state index in [-0.39, 0.29) is 18.1 Å². The molecule has 0 aromatic carbocycles. The second-order valence-electron chi connectivity index (χ2n) is 5.13. The Morgan fingerprint density at radius 1 is 1.12 bits per heavy atom. The summed E-state index contributed by atoms with van der Waals surface area (Å²) in [5.74, 6) is 0.884. The molecule has 0 spiro atoms. The first-order valence-electron chi connectivity index (χ1n) is 6.39. The SMILES string of the molecule is CC(C)CCCCCCN1CC(=O)CC1=O. The van der Waals surface area contributed by atoms with Crippen LogP contribution in [0.4, 0.5) is 0 Å². The zero-order valence-corrected chi connectivity index (χ0v) is 10.5. The van der Waals surface area contributed by atoms with E-state index in [0.717, 1.165) is 18.9 Å². The lowest BCUT2D eigenvalue weighted by atomic mass is 10.0. The van der Waals surface area contributed by atoms with Gasteiger partial charge in [-0.3, -0.25) is 9.59 Å². The zero-order valence-electron chi connectivity index (χ0n) is 10.5. The Hall–Kier alpha value is -0.860. The lowest BCUT2D eigenvalue weighted by Crippen LogP contribution is -2.26. The first kappa shape index (κ1) is 13.2. The Kier molecular flexibility index (Phi) is 5.50. The van der Waals surface area contributed by atoms with Gasteiger partial charge in [-0.25, -0.2) is 0 Å². The molecule has 0 saturated carbocycles. The van der Waals surface area contributed by atoms with Gasteiger partial charge in [0.25, 0.3) is 0 Å². The molecule has 0 radical (unpaired) electrons. The molecule has 0 bridgehead atoms. The summed E-state index contributed by atoms with van der Waals surface area (Å²) in [5, 5.41) is 0. The van der Waals surface area contributed by atoms with Crippen molar-refractivity contribution in [2.24, 2.45) is 5.92 Å². The molecule has 0 N–H and O–H groups in total. The van der Waals surface area contributed by atoms with Crippen LogP contribution in [0.15, 0.2) is 0 Å². The maximum Gasteiger partial charge on any atom is 0.230 e. The molecule has 3 heteroatoms. The van der Waals surface area contributed by atoms with Crippen molar-refractivity contribution in [2.45, 2.75) is 52.4 Å². The number of carbonyl (C=O) groups excluding carboxylic acids is 2. The molecule has 0 aliphatic carbocycles. The third-order valence-corrected chi connectivity index (χ3v) is 3.03. The van der Waals surface area contributed by atoms with Crippen LogP contribution in [0.2, 0.25) is 0 Å². The van der Waals surface area contributed by atoms with E-state index in [1.807, 2.05) is 0 Å². The molecular weight excluding hydrogens is 202 g/mol. The number of hydrogen-bond donors (Lipinski definition) is 0. The number of nitrogens with zero attached hydrogens (tertiary/aromatic N) is 1. The molecule has 0 unspecified atom stereocenters. The minimum Gasteiger partial charge on any atom is -0.335 e. The Labute approximate surface area is 98.2 Å². The van der Waals surface area contributed by atoms with Gasteiger partial charge < -0.3 is 4.90 Å². The number of amides is 1. The first-order chi connectivity index (χ1) is 7.59. The number of likely N-dealkylation sites (tertiary alicyclic amines) is 1. The topological polar surface area (TPSA) is 37.4 Å². The van der Waals surface area contributed by atoms with Crippen LogP contribution in [0.3, 0.4) is 0 Å². The lowest BCUT2D eigenvalue weighted by molar-refractivity contribution is -0.127. The third-order valence-electron chi connectivity index (χ3n) is 3.03. The number of ketones is 1. The molecule has 16 heavy (non-hydrogen) atoms. The highest BCUT2D eigenvalue weighted by Crippen LogP contribution is 2.12. The molecule has 0 aromatic heterocycles. The summed E-state index contributed by atoms with van der Waals surface area (Å²) < 4.78 is 0. The van der Waals surface area contributed by atoms with Crippen molar-refractivity contribution in [1.29, 1.82) is 0 Å². The van der Waals surface area contributed by atoms with E-state index in [0.29, 0.717) is 6.54 Å². The smallest absolute Gasteiger partial charge is 0.230 e. The molecule has 0 aromatic rings. The lowest BCUT2D eigenvalue weighted by Gasteiger charge is -2.13. The predicted molar refractivity (Wildman–Crippen MR) is 64.1 cm³/mol. The molecule has 1 aliphatic rings. The van der Waals surface area contributed by atoms with Crippen LogP contribution in [0, 0.1) is 5.92 Å². The van der Waals surface area contributed by atoms with E-state index < -0.39 is 0 Å². The molecule has 1 fully saturated rings. The van der Waals surface area contributed by atoms with Crippen molar-refractivity contribution in [3.05, 3.63) is 0 Å². The van der Waals surface area contributed by atoms with Gasteiger partial charge in [0.15, 0.2) is 5.78 Å². The van der Waals surface area contributed by atoms with Crippen LogP contribution in [0.1, 0.15) is 52.4 Å². The Balaban J connectivity index is 1.99. The van der Waals surface area contributed by atoms with E-state index in [2.05, 4.69) is 13.8 Å². The van der Waals surface area contributed by atoms with Crippen LogP contribution in [0.25, 0.3) is 0 Å². The second kappa shape index (κ2) is 6.66. The predicted octanol–water partition coefficient (Wildman–Crippen LogP) is 2.39. The van der Waals surface area contributed by atoms with Gasteiger partial charge in [0, 0.05) is 6.54 Å². The maximum atomic E-state index is 11.3. The molecule has 1 rings (SSSR count). The van der Waals surface area contributed by atoms with Gasteiger partial charge in [-0.2, -0.15) is 0 Å². The van der Waals surface area contributed by atoms with E-state index in [1.54, 1.807) is 4.90 Å². The van der Waals surface area contributed by atoms with Crippen LogP contribution < -0.4 is 0 Å². The summed E-state index contributed by atoms with van der Waals surface area (Å²) >= 11 is 0. The molecule has 1 aliphatic heterocycles. The molecule has 0 atom stereocenters. The standard InChI is InChI=1S/C13H23NO2/c1-11(2)7-5-3-4-6-8-14-10-12(15)9-13(14)16/h11H,3-10H2,1-2H3. The van der Waals surface area contributed by atoms with Crippen LogP contribution in [-0.2, 0) is 9.59 Å². The van der Waals surface area contributed by atoms with Gasteiger partial charge >= 0.3 is 0 Å². The van der Waals surface area contributed by atoms with Gasteiger partial charge in [-0.05, 0) is 12.3 Å². The van der Waals surface area contributed by atoms with E-state index in [4.69, 9.17) is 0 Å². The van der Waals surface area contributed by atoms with Crippen molar-refractivity contribution < 1.29 is 9.59 Å². The minimum atomic E-state index is 0.0205. The number of rotatable bonds is 7. The van der Waals surface area contributed by atoms with Gasteiger partial charge in [-0.1, -0.05) is 39.5 Å². The van der Waals surface area contributed by atoms with Gasteiger partial charge in [0.2, 0.25) is 5.91 Å². The zero-order chi connectivity index (χ0) is 12.0. The number of Topliss-reactive ketones (excluding diaryl/α,β-unsaturated/α-hetero) is 1. The second-order valence-corrected chi connectivity index (χ2v) is 5.13. The Bertz CT molecular complexity index is 248. The van der Waals surface area contributed by atoms with E-state index in [1.165, 1.54) is 25.7 Å². The minimum absolute atomic E-state index is 0.0205. The van der Waals surface area contributed by atoms with Gasteiger partial charge in [0.1, 0.15) is 0 Å². The van der Waals surface area contributed by atoms with Gasteiger partial charge in [-0.15, -0.1) is 0 Å². The molecule has 1 saturated heterocycles. The molecule has 1 heterocycles. The van der Waals surface area contributed by atoms with Crippen molar-refractivity contribution in [3.63, 3.8) is 0 Å². The summed E-state index contributed by atoms with van der Waals surface area (Å²) in [7, 11) is 0. The summed E-state index contributed by atoms with van der Waals surface area (Å²) in [4.78, 5) is 24.0. The highest BCUT2D eigenvalue weighted by Gasteiger charge is 2.26.